The molecule has 0 saturated carbocycles. The Bertz CT molecular complexity index is 131. The number of hydrogen-bond acceptors (Lipinski definition) is 3. The number of terminal acetylenes is 1. The van der Waals surface area contributed by atoms with Crippen molar-refractivity contribution in [3.8, 4) is 12.3 Å². The van der Waals surface area contributed by atoms with Crippen LogP contribution in [-0.2, 0) is 4.74 Å². The molecule has 0 fully saturated rings. The molecule has 70 valence electrons. The van der Waals surface area contributed by atoms with Crippen LogP contribution in [0.4, 0.5) is 0 Å². The van der Waals surface area contributed by atoms with E-state index in [-0.39, 0.29) is 0 Å². The van der Waals surface area contributed by atoms with E-state index in [4.69, 9.17) is 11.2 Å². The second-order valence-electron chi connectivity index (χ2n) is 2.68. The number of methoxy groups -OCH3 is 1. The third kappa shape index (κ3) is 7.55. The molecule has 0 spiro atoms. The van der Waals surface area contributed by atoms with Crippen molar-refractivity contribution in [2.45, 2.75) is 0 Å². The number of hydrogen-bond donors (Lipinski definition) is 1. The van der Waals surface area contributed by atoms with Gasteiger partial charge in [-0.05, 0) is 7.05 Å². The zero-order chi connectivity index (χ0) is 9.23. The molecule has 0 aromatic carbocycles. The van der Waals surface area contributed by atoms with Crippen molar-refractivity contribution in [2.24, 2.45) is 0 Å². The predicted molar refractivity (Wildman–Crippen MR) is 51.1 cm³/mol. The van der Waals surface area contributed by atoms with Gasteiger partial charge in [-0.2, -0.15) is 0 Å². The Kier molecular flexibility index (Phi) is 8.14. The van der Waals surface area contributed by atoms with Gasteiger partial charge in [-0.1, -0.05) is 5.92 Å². The van der Waals surface area contributed by atoms with E-state index in [0.717, 1.165) is 26.2 Å². The van der Waals surface area contributed by atoms with Gasteiger partial charge < -0.3 is 15.0 Å². The Morgan fingerprint density at radius 3 is 2.83 bits per heavy atom. The fourth-order valence-corrected chi connectivity index (χ4v) is 0.789. The van der Waals surface area contributed by atoms with Crippen LogP contribution in [0.2, 0.25) is 0 Å². The SMILES string of the molecule is C#CCNCCN(C)CCOC. The first-order chi connectivity index (χ1) is 5.81. The zero-order valence-electron chi connectivity index (χ0n) is 7.97. The second-order valence-corrected chi connectivity index (χ2v) is 2.68. The zero-order valence-corrected chi connectivity index (χ0v) is 7.97. The minimum absolute atomic E-state index is 0.651. The number of nitrogens with one attached hydrogen (secondary N) is 1. The highest BCUT2D eigenvalue weighted by Gasteiger charge is 1.95. The molecule has 0 aliphatic rings. The molecule has 0 radical (unpaired) electrons. The maximum atomic E-state index is 5.08. The van der Waals surface area contributed by atoms with Gasteiger partial charge in [0.1, 0.15) is 0 Å². The summed E-state index contributed by atoms with van der Waals surface area (Å²) in [6.45, 7) is 4.34. The first-order valence-corrected chi connectivity index (χ1v) is 4.13. The van der Waals surface area contributed by atoms with Crippen LogP contribution < -0.4 is 5.32 Å². The van der Waals surface area contributed by atoms with Crippen LogP contribution in [-0.4, -0.2) is 51.8 Å². The predicted octanol–water partition coefficient (Wildman–Crippen LogP) is -0.213. The lowest BCUT2D eigenvalue weighted by molar-refractivity contribution is 0.161. The van der Waals surface area contributed by atoms with Crippen LogP contribution in [0, 0.1) is 12.3 Å². The summed E-state index contributed by atoms with van der Waals surface area (Å²) in [6.07, 6.45) is 5.08. The van der Waals surface area contributed by atoms with Gasteiger partial charge in [-0.3, -0.25) is 0 Å². The lowest BCUT2D eigenvalue weighted by Gasteiger charge is -2.15. The molecule has 0 atom stereocenters. The normalized spacial score (nSPS) is 10.2. The average Bonchev–Trinajstić information content (AvgIpc) is 2.09. The van der Waals surface area contributed by atoms with Crippen LogP contribution in [0.1, 0.15) is 0 Å². The highest BCUT2D eigenvalue weighted by Crippen LogP contribution is 1.80. The Hall–Kier alpha value is -0.560. The second kappa shape index (κ2) is 8.54. The first kappa shape index (κ1) is 11.4. The van der Waals surface area contributed by atoms with E-state index in [9.17, 15) is 0 Å². The summed E-state index contributed by atoms with van der Waals surface area (Å²) in [5.74, 6) is 2.53. The summed E-state index contributed by atoms with van der Waals surface area (Å²) >= 11 is 0. The number of ether oxygens (including phenoxy) is 1. The largest absolute Gasteiger partial charge is 0.383 e. The molecular formula is C9H18N2O. The maximum absolute atomic E-state index is 5.08. The third-order valence-corrected chi connectivity index (χ3v) is 1.57. The van der Waals surface area contributed by atoms with E-state index in [1.807, 2.05) is 0 Å². The Morgan fingerprint density at radius 2 is 2.25 bits per heavy atom. The summed E-state index contributed by atoms with van der Waals surface area (Å²) < 4.78 is 4.95. The standard InChI is InChI=1S/C9H18N2O/c1-4-5-10-6-7-11(2)8-9-12-3/h1,10H,5-9H2,2-3H3. The molecule has 0 aliphatic carbocycles. The van der Waals surface area contributed by atoms with Crippen LogP contribution in [0.25, 0.3) is 0 Å². The van der Waals surface area contributed by atoms with Crippen LogP contribution >= 0.6 is 0 Å². The summed E-state index contributed by atoms with van der Waals surface area (Å²) in [7, 11) is 3.78. The number of rotatable bonds is 7. The molecule has 0 aromatic rings. The molecule has 0 bridgehead atoms. The smallest absolute Gasteiger partial charge is 0.0589 e. The fourth-order valence-electron chi connectivity index (χ4n) is 0.789. The average molecular weight is 170 g/mol. The minimum atomic E-state index is 0.651. The van der Waals surface area contributed by atoms with Crippen molar-refractivity contribution in [3.63, 3.8) is 0 Å². The molecule has 0 aliphatic heterocycles. The van der Waals surface area contributed by atoms with E-state index in [2.05, 4.69) is 23.2 Å². The molecule has 0 saturated heterocycles. The van der Waals surface area contributed by atoms with E-state index >= 15 is 0 Å². The quantitative estimate of drug-likeness (QED) is 0.422. The maximum Gasteiger partial charge on any atom is 0.0589 e. The van der Waals surface area contributed by atoms with Gasteiger partial charge in [-0.25, -0.2) is 0 Å². The molecule has 0 heterocycles. The topological polar surface area (TPSA) is 24.5 Å². The number of likely N-dealkylation sites (N-methyl/N-ethyl adjacent to an activating group) is 1. The minimum Gasteiger partial charge on any atom is -0.383 e. The molecule has 0 unspecified atom stereocenters. The van der Waals surface area contributed by atoms with Crippen molar-refractivity contribution in [3.05, 3.63) is 0 Å². The molecule has 0 aromatic heterocycles. The van der Waals surface area contributed by atoms with E-state index < -0.39 is 0 Å². The lowest BCUT2D eigenvalue weighted by atomic mass is 10.5. The van der Waals surface area contributed by atoms with Gasteiger partial charge in [0, 0.05) is 26.7 Å². The van der Waals surface area contributed by atoms with Gasteiger partial charge >= 0.3 is 0 Å². The number of nitrogens with zero attached hydrogens (tertiary/aromatic N) is 1. The van der Waals surface area contributed by atoms with Crippen molar-refractivity contribution in [1.29, 1.82) is 0 Å². The molecule has 1 N–H and O–H groups in total. The summed E-state index contributed by atoms with van der Waals surface area (Å²) in [5.41, 5.74) is 0. The molecular weight excluding hydrogens is 152 g/mol. The van der Waals surface area contributed by atoms with Crippen molar-refractivity contribution < 1.29 is 4.74 Å². The molecule has 3 nitrogen and oxygen atoms in total. The van der Waals surface area contributed by atoms with E-state index in [1.165, 1.54) is 0 Å². The monoisotopic (exact) mass is 170 g/mol. The Labute approximate surface area is 75.1 Å². The van der Waals surface area contributed by atoms with Crippen LogP contribution in [0.5, 0.6) is 0 Å². The lowest BCUT2D eigenvalue weighted by Crippen LogP contribution is -2.31. The van der Waals surface area contributed by atoms with Crippen molar-refractivity contribution >= 4 is 0 Å². The molecule has 0 rings (SSSR count). The van der Waals surface area contributed by atoms with Gasteiger partial charge in [0.25, 0.3) is 0 Å². The van der Waals surface area contributed by atoms with Gasteiger partial charge in [-0.15, -0.1) is 6.42 Å². The van der Waals surface area contributed by atoms with Gasteiger partial charge in [0.05, 0.1) is 13.2 Å². The van der Waals surface area contributed by atoms with Gasteiger partial charge in [0.2, 0.25) is 0 Å². The summed E-state index contributed by atoms with van der Waals surface area (Å²) in [6, 6.07) is 0. The molecule has 12 heavy (non-hydrogen) atoms. The van der Waals surface area contributed by atoms with E-state index in [1.54, 1.807) is 7.11 Å². The fraction of sp³-hybridized carbons (Fsp3) is 0.778. The summed E-state index contributed by atoms with van der Waals surface area (Å²) in [5, 5.41) is 3.12. The Balaban J connectivity index is 3.09. The third-order valence-electron chi connectivity index (χ3n) is 1.57. The highest BCUT2D eigenvalue weighted by atomic mass is 16.5. The van der Waals surface area contributed by atoms with Crippen molar-refractivity contribution in [1.82, 2.24) is 10.2 Å². The van der Waals surface area contributed by atoms with Crippen molar-refractivity contribution in [2.75, 3.05) is 46.9 Å². The van der Waals surface area contributed by atoms with E-state index in [0.29, 0.717) is 6.54 Å². The molecule has 3 heteroatoms. The Morgan fingerprint density at radius 1 is 1.50 bits per heavy atom. The molecule has 0 amide bonds. The van der Waals surface area contributed by atoms with Gasteiger partial charge in [0.15, 0.2) is 0 Å². The van der Waals surface area contributed by atoms with Crippen LogP contribution in [0.15, 0.2) is 0 Å². The first-order valence-electron chi connectivity index (χ1n) is 4.13. The van der Waals surface area contributed by atoms with Crippen LogP contribution in [0.3, 0.4) is 0 Å². The summed E-state index contributed by atoms with van der Waals surface area (Å²) in [4.78, 5) is 2.20. The highest BCUT2D eigenvalue weighted by molar-refractivity contribution is 4.86.